The van der Waals surface area contributed by atoms with E-state index in [1.807, 2.05) is 13.8 Å². The average molecular weight is 262 g/mol. The summed E-state index contributed by atoms with van der Waals surface area (Å²) >= 11 is 0. The number of aromatic nitrogens is 4. The minimum Gasteiger partial charge on any atom is -0.489 e. The molecule has 0 bridgehead atoms. The van der Waals surface area contributed by atoms with Gasteiger partial charge in [-0.3, -0.25) is 4.98 Å². The zero-order chi connectivity index (χ0) is 14.0. The Bertz CT molecular complexity index is 607. The van der Waals surface area contributed by atoms with Gasteiger partial charge in [0, 0.05) is 18.8 Å². The van der Waals surface area contributed by atoms with Crippen LogP contribution in [-0.4, -0.2) is 37.2 Å². The first kappa shape index (κ1) is 13.0. The van der Waals surface area contributed by atoms with Crippen LogP contribution in [0.15, 0.2) is 18.5 Å². The molecule has 7 heteroatoms. The molecule has 100 valence electrons. The second kappa shape index (κ2) is 5.05. The maximum Gasteiger partial charge on any atom is 0.356 e. The van der Waals surface area contributed by atoms with Crippen molar-refractivity contribution in [2.45, 2.75) is 20.0 Å². The van der Waals surface area contributed by atoms with Gasteiger partial charge in [0.05, 0.1) is 12.3 Å². The highest BCUT2D eigenvalue weighted by Crippen LogP contribution is 2.24. The highest BCUT2D eigenvalue weighted by atomic mass is 16.5. The number of carbonyl (C=O) groups is 1. The summed E-state index contributed by atoms with van der Waals surface area (Å²) in [6.45, 7) is 3.80. The Labute approximate surface area is 109 Å². The lowest BCUT2D eigenvalue weighted by molar-refractivity contribution is 0.0686. The van der Waals surface area contributed by atoms with E-state index in [-0.39, 0.29) is 17.5 Å². The fraction of sp³-hybridized carbons (Fsp3) is 0.333. The lowest BCUT2D eigenvalue weighted by Gasteiger charge is -2.09. The first-order chi connectivity index (χ1) is 8.99. The largest absolute Gasteiger partial charge is 0.489 e. The Morgan fingerprint density at radius 3 is 2.79 bits per heavy atom. The molecular formula is C12H14N4O3. The van der Waals surface area contributed by atoms with E-state index in [2.05, 4.69) is 15.3 Å². The van der Waals surface area contributed by atoms with Crippen molar-refractivity contribution in [3.63, 3.8) is 0 Å². The second-order valence-electron chi connectivity index (χ2n) is 4.29. The molecule has 0 spiro atoms. The number of carboxylic acids is 1. The van der Waals surface area contributed by atoms with Gasteiger partial charge in [-0.1, -0.05) is 5.21 Å². The van der Waals surface area contributed by atoms with Gasteiger partial charge in [0.25, 0.3) is 0 Å². The molecule has 0 aromatic carbocycles. The maximum absolute atomic E-state index is 11.2. The molecule has 0 aliphatic heterocycles. The highest BCUT2D eigenvalue weighted by molar-refractivity contribution is 5.92. The number of hydrogen-bond donors (Lipinski definition) is 1. The molecule has 19 heavy (non-hydrogen) atoms. The third kappa shape index (κ3) is 2.70. The van der Waals surface area contributed by atoms with Crippen molar-refractivity contribution in [2.75, 3.05) is 0 Å². The Hall–Kier alpha value is -2.44. The summed E-state index contributed by atoms with van der Waals surface area (Å²) in [7, 11) is 1.53. The Morgan fingerprint density at radius 2 is 2.16 bits per heavy atom. The third-order valence-corrected chi connectivity index (χ3v) is 2.39. The van der Waals surface area contributed by atoms with Crippen LogP contribution in [-0.2, 0) is 7.05 Å². The van der Waals surface area contributed by atoms with E-state index >= 15 is 0 Å². The molecule has 0 unspecified atom stereocenters. The van der Waals surface area contributed by atoms with Gasteiger partial charge in [-0.2, -0.15) is 0 Å². The standard InChI is InChI=1S/C12H14N4O3/c1-7(2)19-9-4-8(5-13-6-9)10-11(12(17)18)16(3)15-14-10/h4-7H,1-3H3,(H,17,18). The number of rotatable bonds is 4. The van der Waals surface area contributed by atoms with Crippen LogP contribution < -0.4 is 4.74 Å². The maximum atomic E-state index is 11.2. The van der Waals surface area contributed by atoms with Gasteiger partial charge in [-0.15, -0.1) is 5.10 Å². The number of hydrogen-bond acceptors (Lipinski definition) is 5. The predicted octanol–water partition coefficient (Wildman–Crippen LogP) is 1.36. The number of ether oxygens (including phenoxy) is 1. The third-order valence-electron chi connectivity index (χ3n) is 2.39. The van der Waals surface area contributed by atoms with Crippen molar-refractivity contribution in [3.8, 4) is 17.0 Å². The topological polar surface area (TPSA) is 90.1 Å². The number of pyridine rings is 1. The van der Waals surface area contributed by atoms with Gasteiger partial charge in [-0.05, 0) is 19.9 Å². The van der Waals surface area contributed by atoms with Crippen molar-refractivity contribution in [1.82, 2.24) is 20.0 Å². The summed E-state index contributed by atoms with van der Waals surface area (Å²) in [6.07, 6.45) is 3.11. The zero-order valence-electron chi connectivity index (χ0n) is 10.9. The van der Waals surface area contributed by atoms with Crippen molar-refractivity contribution in [3.05, 3.63) is 24.2 Å². The van der Waals surface area contributed by atoms with Gasteiger partial charge in [0.2, 0.25) is 0 Å². The van der Waals surface area contributed by atoms with Crippen LogP contribution in [0.5, 0.6) is 5.75 Å². The van der Waals surface area contributed by atoms with E-state index < -0.39 is 5.97 Å². The zero-order valence-corrected chi connectivity index (χ0v) is 10.9. The predicted molar refractivity (Wildman–Crippen MR) is 67.0 cm³/mol. The van der Waals surface area contributed by atoms with Crippen molar-refractivity contribution in [1.29, 1.82) is 0 Å². The molecule has 0 saturated heterocycles. The van der Waals surface area contributed by atoms with E-state index in [1.165, 1.54) is 17.9 Å². The number of aryl methyl sites for hydroxylation is 1. The van der Waals surface area contributed by atoms with Gasteiger partial charge in [-0.25, -0.2) is 9.48 Å². The first-order valence-electron chi connectivity index (χ1n) is 5.74. The fourth-order valence-corrected chi connectivity index (χ4v) is 1.68. The van der Waals surface area contributed by atoms with Crippen molar-refractivity contribution in [2.24, 2.45) is 7.05 Å². The molecule has 0 atom stereocenters. The molecule has 0 radical (unpaired) electrons. The van der Waals surface area contributed by atoms with Gasteiger partial charge >= 0.3 is 5.97 Å². The molecule has 2 heterocycles. The Balaban J connectivity index is 2.45. The van der Waals surface area contributed by atoms with E-state index in [1.54, 1.807) is 12.3 Å². The lowest BCUT2D eigenvalue weighted by atomic mass is 10.1. The Morgan fingerprint density at radius 1 is 1.42 bits per heavy atom. The molecule has 0 amide bonds. The van der Waals surface area contributed by atoms with Gasteiger partial charge in [0.15, 0.2) is 5.69 Å². The molecule has 0 aliphatic rings. The molecule has 2 aromatic rings. The molecule has 2 rings (SSSR count). The summed E-state index contributed by atoms with van der Waals surface area (Å²) in [6, 6.07) is 1.70. The van der Waals surface area contributed by atoms with Crippen molar-refractivity contribution >= 4 is 5.97 Å². The smallest absolute Gasteiger partial charge is 0.356 e. The van der Waals surface area contributed by atoms with Crippen molar-refractivity contribution < 1.29 is 14.6 Å². The van der Waals surface area contributed by atoms with Crippen LogP contribution >= 0.6 is 0 Å². The molecule has 2 aromatic heterocycles. The molecular weight excluding hydrogens is 248 g/mol. The van der Waals surface area contributed by atoms with E-state index in [0.29, 0.717) is 11.3 Å². The molecule has 0 saturated carbocycles. The van der Waals surface area contributed by atoms with Crippen LogP contribution in [0.1, 0.15) is 24.3 Å². The van der Waals surface area contributed by atoms with Gasteiger partial charge in [0.1, 0.15) is 11.4 Å². The van der Waals surface area contributed by atoms with Gasteiger partial charge < -0.3 is 9.84 Å². The van der Waals surface area contributed by atoms with E-state index in [4.69, 9.17) is 9.84 Å². The second-order valence-corrected chi connectivity index (χ2v) is 4.29. The fourth-order valence-electron chi connectivity index (χ4n) is 1.68. The monoisotopic (exact) mass is 262 g/mol. The molecule has 0 aliphatic carbocycles. The number of nitrogens with zero attached hydrogens (tertiary/aromatic N) is 4. The summed E-state index contributed by atoms with van der Waals surface area (Å²) in [5.74, 6) is -0.521. The number of aromatic carboxylic acids is 1. The lowest BCUT2D eigenvalue weighted by Crippen LogP contribution is -2.07. The normalized spacial score (nSPS) is 10.7. The van der Waals surface area contributed by atoms with Crippen LogP contribution in [0.4, 0.5) is 0 Å². The molecule has 1 N–H and O–H groups in total. The summed E-state index contributed by atoms with van der Waals surface area (Å²) in [5.41, 5.74) is 0.851. The highest BCUT2D eigenvalue weighted by Gasteiger charge is 2.19. The van der Waals surface area contributed by atoms with Crippen LogP contribution in [0.3, 0.4) is 0 Å². The van der Waals surface area contributed by atoms with E-state index in [0.717, 1.165) is 0 Å². The summed E-state index contributed by atoms with van der Waals surface area (Å²) in [5, 5.41) is 16.7. The quantitative estimate of drug-likeness (QED) is 0.894. The summed E-state index contributed by atoms with van der Waals surface area (Å²) < 4.78 is 6.73. The summed E-state index contributed by atoms with van der Waals surface area (Å²) in [4.78, 5) is 15.2. The average Bonchev–Trinajstić information content (AvgIpc) is 2.70. The molecule has 0 fully saturated rings. The SMILES string of the molecule is CC(C)Oc1cncc(-c2nnn(C)c2C(=O)O)c1. The Kier molecular flexibility index (Phi) is 3.46. The molecule has 7 nitrogen and oxygen atoms in total. The van der Waals surface area contributed by atoms with E-state index in [9.17, 15) is 4.79 Å². The van der Waals surface area contributed by atoms with Crippen LogP contribution in [0.2, 0.25) is 0 Å². The minimum absolute atomic E-state index is 0.0119. The minimum atomic E-state index is -1.09. The van der Waals surface area contributed by atoms with Crippen LogP contribution in [0, 0.1) is 0 Å². The first-order valence-corrected chi connectivity index (χ1v) is 5.74. The number of carboxylic acid groups (broad SMARTS) is 1. The van der Waals surface area contributed by atoms with Crippen LogP contribution in [0.25, 0.3) is 11.3 Å².